The minimum absolute atomic E-state index is 0.00253. The number of fused-ring (bicyclic) bond motifs is 1. The molecule has 0 heterocycles. The zero-order valence-corrected chi connectivity index (χ0v) is 21.2. The van der Waals surface area contributed by atoms with Crippen LogP contribution < -0.4 is 0 Å². The number of esters is 4. The average molecular weight is 499 g/mol. The van der Waals surface area contributed by atoms with Gasteiger partial charge in [0.2, 0.25) is 0 Å². The van der Waals surface area contributed by atoms with Gasteiger partial charge >= 0.3 is 23.9 Å². The summed E-state index contributed by atoms with van der Waals surface area (Å²) < 4.78 is 21.6. The van der Waals surface area contributed by atoms with Crippen molar-refractivity contribution >= 4 is 23.9 Å². The van der Waals surface area contributed by atoms with Crippen LogP contribution in [0.4, 0.5) is 0 Å². The summed E-state index contributed by atoms with van der Waals surface area (Å²) in [5.74, 6) is -4.22. The standard InChI is InChI=1S/C28H34O8/c1-6-33-23(29)21-14-27(24(30)36-16-20-12-10-9-11-13-20)17-28(25(31)34-7-2,26(32)35-8-3)15-22(27)19(5)18(21)4/h9-13,21-22H,4-8,14-17H2,1-3H3/t21-,22-,27-/m0/s1. The summed E-state index contributed by atoms with van der Waals surface area (Å²) in [5, 5.41) is 0. The maximum absolute atomic E-state index is 13.9. The Kier molecular flexibility index (Phi) is 8.38. The molecule has 194 valence electrons. The smallest absolute Gasteiger partial charge is 0.323 e. The summed E-state index contributed by atoms with van der Waals surface area (Å²) in [6.45, 7) is 13.4. The molecular formula is C28H34O8. The topological polar surface area (TPSA) is 105 Å². The van der Waals surface area contributed by atoms with Gasteiger partial charge in [0, 0.05) is 5.92 Å². The molecule has 0 bridgehead atoms. The van der Waals surface area contributed by atoms with E-state index in [1.54, 1.807) is 20.8 Å². The maximum atomic E-state index is 13.9. The lowest BCUT2D eigenvalue weighted by Gasteiger charge is -2.42. The predicted octanol–water partition coefficient (Wildman–Crippen LogP) is 3.93. The lowest BCUT2D eigenvalue weighted by atomic mass is 9.61. The molecule has 0 aromatic heterocycles. The largest absolute Gasteiger partial charge is 0.466 e. The predicted molar refractivity (Wildman–Crippen MR) is 130 cm³/mol. The highest BCUT2D eigenvalue weighted by molar-refractivity contribution is 6.02. The van der Waals surface area contributed by atoms with E-state index in [2.05, 4.69) is 13.2 Å². The van der Waals surface area contributed by atoms with Crippen LogP contribution >= 0.6 is 0 Å². The molecule has 0 radical (unpaired) electrons. The Balaban J connectivity index is 2.08. The van der Waals surface area contributed by atoms with Gasteiger partial charge in [0.15, 0.2) is 5.41 Å². The number of carbonyl (C=O) groups excluding carboxylic acids is 4. The molecule has 1 aromatic rings. The van der Waals surface area contributed by atoms with E-state index < -0.39 is 46.5 Å². The number of allylic oxidation sites excluding steroid dienone is 1. The number of ether oxygens (including phenoxy) is 4. The summed E-state index contributed by atoms with van der Waals surface area (Å²) in [5.41, 5.74) is -1.51. The first-order valence-corrected chi connectivity index (χ1v) is 12.3. The number of carbonyl (C=O) groups is 4. The average Bonchev–Trinajstić information content (AvgIpc) is 3.24. The van der Waals surface area contributed by atoms with E-state index in [4.69, 9.17) is 18.9 Å². The first-order chi connectivity index (χ1) is 17.2. The summed E-state index contributed by atoms with van der Waals surface area (Å²) in [4.78, 5) is 53.2. The Morgan fingerprint density at radius 3 is 1.94 bits per heavy atom. The van der Waals surface area contributed by atoms with Crippen molar-refractivity contribution in [1.29, 1.82) is 0 Å². The minimum Gasteiger partial charge on any atom is -0.466 e. The van der Waals surface area contributed by atoms with Crippen molar-refractivity contribution in [2.75, 3.05) is 19.8 Å². The third kappa shape index (κ3) is 4.81. The molecule has 0 N–H and O–H groups in total. The molecule has 2 fully saturated rings. The van der Waals surface area contributed by atoms with Gasteiger partial charge in [-0.3, -0.25) is 19.2 Å². The van der Waals surface area contributed by atoms with Gasteiger partial charge in [0.1, 0.15) is 6.61 Å². The molecule has 0 saturated heterocycles. The Morgan fingerprint density at radius 1 is 0.806 bits per heavy atom. The van der Waals surface area contributed by atoms with Crippen molar-refractivity contribution < 1.29 is 38.1 Å². The van der Waals surface area contributed by atoms with E-state index in [0.29, 0.717) is 11.1 Å². The van der Waals surface area contributed by atoms with E-state index in [1.807, 2.05) is 30.3 Å². The third-order valence-corrected chi connectivity index (χ3v) is 7.18. The zero-order valence-electron chi connectivity index (χ0n) is 21.2. The molecule has 1 aromatic carbocycles. The monoisotopic (exact) mass is 498 g/mol. The van der Waals surface area contributed by atoms with Gasteiger partial charge in [-0.15, -0.1) is 0 Å². The van der Waals surface area contributed by atoms with Crippen molar-refractivity contribution in [3.8, 4) is 0 Å². The fourth-order valence-electron chi connectivity index (χ4n) is 5.45. The molecule has 0 spiro atoms. The van der Waals surface area contributed by atoms with Crippen LogP contribution in [0.15, 0.2) is 54.6 Å². The van der Waals surface area contributed by atoms with Gasteiger partial charge in [-0.2, -0.15) is 0 Å². The van der Waals surface area contributed by atoms with Crippen LogP contribution in [0, 0.1) is 22.7 Å². The van der Waals surface area contributed by atoms with Gasteiger partial charge in [0.05, 0.1) is 31.2 Å². The molecule has 36 heavy (non-hydrogen) atoms. The molecule has 2 saturated carbocycles. The number of hydrogen-bond donors (Lipinski definition) is 0. The lowest BCUT2D eigenvalue weighted by molar-refractivity contribution is -0.173. The second-order valence-corrected chi connectivity index (χ2v) is 9.23. The fraction of sp³-hybridized carbons (Fsp3) is 0.500. The minimum atomic E-state index is -1.74. The number of rotatable bonds is 9. The van der Waals surface area contributed by atoms with E-state index in [9.17, 15) is 19.2 Å². The normalized spacial score (nSPS) is 24.4. The van der Waals surface area contributed by atoms with Gasteiger partial charge in [-0.05, 0) is 56.7 Å². The summed E-state index contributed by atoms with van der Waals surface area (Å²) in [6.07, 6.45) is -0.306. The molecule has 8 nitrogen and oxygen atoms in total. The van der Waals surface area contributed by atoms with Crippen LogP contribution in [0.1, 0.15) is 45.6 Å². The van der Waals surface area contributed by atoms with E-state index in [0.717, 1.165) is 5.56 Å². The van der Waals surface area contributed by atoms with Crippen LogP contribution in [0.25, 0.3) is 0 Å². The Morgan fingerprint density at radius 2 is 1.39 bits per heavy atom. The van der Waals surface area contributed by atoms with Crippen molar-refractivity contribution in [3.63, 3.8) is 0 Å². The SMILES string of the molecule is C=C1C(=C)[C@@H]2CC(C(=O)OCC)(C(=O)OCC)C[C@@]2(C(=O)OCc2ccccc2)C[C@@H]1C(=O)OCC. The molecule has 0 amide bonds. The number of hydrogen-bond acceptors (Lipinski definition) is 8. The van der Waals surface area contributed by atoms with Crippen molar-refractivity contribution in [2.24, 2.45) is 22.7 Å². The van der Waals surface area contributed by atoms with Gasteiger partial charge in [0.25, 0.3) is 0 Å². The van der Waals surface area contributed by atoms with E-state index >= 15 is 0 Å². The highest BCUT2D eigenvalue weighted by atomic mass is 16.6. The van der Waals surface area contributed by atoms with Crippen LogP contribution in [0.3, 0.4) is 0 Å². The second-order valence-electron chi connectivity index (χ2n) is 9.23. The summed E-state index contributed by atoms with van der Waals surface area (Å²) in [6, 6.07) is 9.15. The van der Waals surface area contributed by atoms with Gasteiger partial charge < -0.3 is 18.9 Å². The Bertz CT molecular complexity index is 1020. The van der Waals surface area contributed by atoms with Crippen molar-refractivity contribution in [2.45, 2.75) is 46.6 Å². The van der Waals surface area contributed by atoms with Crippen molar-refractivity contribution in [3.05, 3.63) is 60.2 Å². The Hall–Kier alpha value is -3.42. The lowest BCUT2D eigenvalue weighted by Crippen LogP contribution is -2.46. The second kappa shape index (κ2) is 11.1. The quantitative estimate of drug-likeness (QED) is 0.286. The molecule has 3 atom stereocenters. The molecular weight excluding hydrogens is 464 g/mol. The zero-order chi connectivity index (χ0) is 26.5. The van der Waals surface area contributed by atoms with Crippen LogP contribution in [-0.2, 0) is 44.7 Å². The van der Waals surface area contributed by atoms with Gasteiger partial charge in [-0.25, -0.2) is 0 Å². The highest BCUT2D eigenvalue weighted by Crippen LogP contribution is 2.64. The summed E-state index contributed by atoms with van der Waals surface area (Å²) >= 11 is 0. The molecule has 0 aliphatic heterocycles. The molecule has 8 heteroatoms. The van der Waals surface area contributed by atoms with Crippen LogP contribution in [-0.4, -0.2) is 43.7 Å². The molecule has 2 aliphatic carbocycles. The maximum Gasteiger partial charge on any atom is 0.323 e. The van der Waals surface area contributed by atoms with Crippen LogP contribution in [0.2, 0.25) is 0 Å². The summed E-state index contributed by atoms with van der Waals surface area (Å²) in [7, 11) is 0. The highest BCUT2D eigenvalue weighted by Gasteiger charge is 2.69. The van der Waals surface area contributed by atoms with Crippen LogP contribution in [0.5, 0.6) is 0 Å². The first kappa shape index (κ1) is 27.2. The Labute approximate surface area is 211 Å². The van der Waals surface area contributed by atoms with Gasteiger partial charge in [-0.1, -0.05) is 43.5 Å². The van der Waals surface area contributed by atoms with E-state index in [-0.39, 0.29) is 45.7 Å². The molecule has 0 unspecified atom stereocenters. The molecule has 3 rings (SSSR count). The molecule has 2 aliphatic rings. The van der Waals surface area contributed by atoms with Crippen molar-refractivity contribution in [1.82, 2.24) is 0 Å². The van der Waals surface area contributed by atoms with E-state index in [1.165, 1.54) is 0 Å². The first-order valence-electron chi connectivity index (χ1n) is 12.3. The number of benzene rings is 1. The fourth-order valence-corrected chi connectivity index (χ4v) is 5.45. The third-order valence-electron chi connectivity index (χ3n) is 7.18.